The molecule has 0 aromatic heterocycles. The molecular formula is C26H37IN6O. The summed E-state index contributed by atoms with van der Waals surface area (Å²) in [6, 6.07) is 21.3. The van der Waals surface area contributed by atoms with E-state index in [1.54, 1.807) is 7.05 Å². The van der Waals surface area contributed by atoms with E-state index < -0.39 is 0 Å². The van der Waals surface area contributed by atoms with Crippen LogP contribution in [0.4, 0.5) is 5.69 Å². The van der Waals surface area contributed by atoms with Gasteiger partial charge in [-0.2, -0.15) is 0 Å². The lowest BCUT2D eigenvalue weighted by Crippen LogP contribution is -2.52. The van der Waals surface area contributed by atoms with E-state index in [0.717, 1.165) is 45.8 Å². The van der Waals surface area contributed by atoms with Gasteiger partial charge < -0.3 is 20.4 Å². The second kappa shape index (κ2) is 13.5. The molecule has 8 heteroatoms. The van der Waals surface area contributed by atoms with Crippen molar-refractivity contribution in [1.29, 1.82) is 0 Å². The van der Waals surface area contributed by atoms with Crippen LogP contribution in [0.25, 0.3) is 0 Å². The quantitative estimate of drug-likeness (QED) is 0.302. The van der Waals surface area contributed by atoms with Crippen LogP contribution in [0.2, 0.25) is 0 Å². The van der Waals surface area contributed by atoms with Gasteiger partial charge in [-0.15, -0.1) is 24.0 Å². The van der Waals surface area contributed by atoms with Gasteiger partial charge in [-0.3, -0.25) is 14.7 Å². The predicted molar refractivity (Wildman–Crippen MR) is 150 cm³/mol. The van der Waals surface area contributed by atoms with Crippen LogP contribution in [-0.2, 0) is 4.79 Å². The average Bonchev–Trinajstić information content (AvgIpc) is 3.42. The third-order valence-corrected chi connectivity index (χ3v) is 6.61. The van der Waals surface area contributed by atoms with Gasteiger partial charge in [-0.1, -0.05) is 48.5 Å². The monoisotopic (exact) mass is 576 g/mol. The highest BCUT2D eigenvalue weighted by Crippen LogP contribution is 2.24. The number of amides is 1. The van der Waals surface area contributed by atoms with Gasteiger partial charge in [-0.05, 0) is 43.6 Å². The second-order valence-electron chi connectivity index (χ2n) is 8.68. The number of halogens is 1. The molecule has 7 nitrogen and oxygen atoms in total. The average molecular weight is 577 g/mol. The number of benzene rings is 2. The maximum Gasteiger partial charge on any atom is 0.242 e. The van der Waals surface area contributed by atoms with Crippen molar-refractivity contribution in [1.82, 2.24) is 20.4 Å². The zero-order chi connectivity index (χ0) is 22.9. The molecule has 2 aromatic carbocycles. The number of carbonyl (C=O) groups is 1. The van der Waals surface area contributed by atoms with Gasteiger partial charge in [0, 0.05) is 45.5 Å². The van der Waals surface area contributed by atoms with Crippen molar-refractivity contribution in [2.45, 2.75) is 18.9 Å². The van der Waals surface area contributed by atoms with Gasteiger partial charge in [0.05, 0.1) is 12.6 Å². The van der Waals surface area contributed by atoms with E-state index in [0.29, 0.717) is 12.0 Å². The number of nitrogens with zero attached hydrogens (tertiary/aromatic N) is 4. The predicted octanol–water partition coefficient (Wildman–Crippen LogP) is 2.96. The maximum atomic E-state index is 12.8. The highest BCUT2D eigenvalue weighted by molar-refractivity contribution is 14.0. The lowest BCUT2D eigenvalue weighted by molar-refractivity contribution is -0.130. The molecule has 0 bridgehead atoms. The minimum Gasteiger partial charge on any atom is -0.368 e. The fraction of sp³-hybridized carbons (Fsp3) is 0.462. The third kappa shape index (κ3) is 7.09. The molecule has 4 rings (SSSR count). The summed E-state index contributed by atoms with van der Waals surface area (Å²) < 4.78 is 0. The van der Waals surface area contributed by atoms with E-state index in [9.17, 15) is 4.79 Å². The number of carbonyl (C=O) groups excluding carboxylic acids is 1. The molecule has 2 saturated heterocycles. The first-order valence-corrected chi connectivity index (χ1v) is 12.1. The van der Waals surface area contributed by atoms with Crippen molar-refractivity contribution in [2.24, 2.45) is 4.99 Å². The number of likely N-dealkylation sites (tertiary alicyclic amines) is 1. The molecule has 0 aliphatic carbocycles. The Bertz CT molecular complexity index is 896. The Balaban J connectivity index is 0.00000324. The van der Waals surface area contributed by atoms with Crippen molar-refractivity contribution in [3.63, 3.8) is 0 Å². The molecule has 34 heavy (non-hydrogen) atoms. The van der Waals surface area contributed by atoms with Gasteiger partial charge in [-0.25, -0.2) is 0 Å². The van der Waals surface area contributed by atoms with E-state index in [-0.39, 0.29) is 36.4 Å². The van der Waals surface area contributed by atoms with Crippen molar-refractivity contribution in [3.05, 3.63) is 66.2 Å². The normalized spacial score (nSPS) is 17.7. The standard InChI is InChI=1S/C26H36N6O.HI/c1-27-26(28-20-24(31-14-8-9-15-31)22-10-4-2-5-11-22)29-21-25(33)32-18-16-30(17-19-32)23-12-6-3-7-13-23;/h2-7,10-13,24H,8-9,14-21H2,1H3,(H2,27,28,29);1H. The van der Waals surface area contributed by atoms with Crippen LogP contribution in [-0.4, -0.2) is 81.1 Å². The smallest absolute Gasteiger partial charge is 0.242 e. The van der Waals surface area contributed by atoms with Crippen LogP contribution in [0, 0.1) is 0 Å². The molecule has 1 atom stereocenters. The van der Waals surface area contributed by atoms with E-state index in [2.05, 4.69) is 80.0 Å². The molecule has 1 amide bonds. The van der Waals surface area contributed by atoms with E-state index in [1.807, 2.05) is 11.0 Å². The molecule has 2 heterocycles. The SMILES string of the molecule is CN=C(NCC(=O)N1CCN(c2ccccc2)CC1)NCC(c1ccccc1)N1CCCC1.I. The number of piperazine rings is 1. The van der Waals surface area contributed by atoms with Crippen LogP contribution in [0.1, 0.15) is 24.4 Å². The summed E-state index contributed by atoms with van der Waals surface area (Å²) in [4.78, 5) is 23.9. The molecule has 2 fully saturated rings. The summed E-state index contributed by atoms with van der Waals surface area (Å²) in [7, 11) is 1.76. The van der Waals surface area contributed by atoms with Gasteiger partial charge in [0.1, 0.15) is 0 Å². The summed E-state index contributed by atoms with van der Waals surface area (Å²) in [6.07, 6.45) is 2.50. The maximum absolute atomic E-state index is 12.8. The van der Waals surface area contributed by atoms with Gasteiger partial charge in [0.15, 0.2) is 5.96 Å². The molecule has 0 saturated carbocycles. The first kappa shape index (κ1) is 26.3. The molecule has 1 unspecified atom stereocenters. The summed E-state index contributed by atoms with van der Waals surface area (Å²) in [5.41, 5.74) is 2.54. The highest BCUT2D eigenvalue weighted by Gasteiger charge is 2.24. The number of hydrogen-bond donors (Lipinski definition) is 2. The molecule has 0 radical (unpaired) electrons. The summed E-state index contributed by atoms with van der Waals surface area (Å²) >= 11 is 0. The Morgan fingerprint density at radius 1 is 0.882 bits per heavy atom. The van der Waals surface area contributed by atoms with E-state index >= 15 is 0 Å². The van der Waals surface area contributed by atoms with Gasteiger partial charge >= 0.3 is 0 Å². The Labute approximate surface area is 220 Å². The van der Waals surface area contributed by atoms with E-state index in [4.69, 9.17) is 0 Å². The number of nitrogens with one attached hydrogen (secondary N) is 2. The number of aliphatic imine (C=N–C) groups is 1. The lowest BCUT2D eigenvalue weighted by atomic mass is 10.1. The van der Waals surface area contributed by atoms with Crippen molar-refractivity contribution >= 4 is 41.5 Å². The minimum atomic E-state index is 0. The number of anilines is 1. The first-order valence-electron chi connectivity index (χ1n) is 12.1. The molecule has 2 N–H and O–H groups in total. The fourth-order valence-electron chi connectivity index (χ4n) is 4.72. The molecule has 2 aromatic rings. The van der Waals surface area contributed by atoms with Crippen LogP contribution in [0.5, 0.6) is 0 Å². The minimum absolute atomic E-state index is 0. The Hall–Kier alpha value is -2.33. The topological polar surface area (TPSA) is 63.2 Å². The molecule has 0 spiro atoms. The highest BCUT2D eigenvalue weighted by atomic mass is 127. The summed E-state index contributed by atoms with van der Waals surface area (Å²) in [5.74, 6) is 0.788. The number of rotatable bonds is 7. The number of para-hydroxylation sites is 1. The first-order chi connectivity index (χ1) is 16.2. The lowest BCUT2D eigenvalue weighted by Gasteiger charge is -2.36. The zero-order valence-corrected chi connectivity index (χ0v) is 22.4. The summed E-state index contributed by atoms with van der Waals surface area (Å²) in [5, 5.41) is 6.67. The Kier molecular flexibility index (Phi) is 10.5. The van der Waals surface area contributed by atoms with Crippen LogP contribution in [0.3, 0.4) is 0 Å². The van der Waals surface area contributed by atoms with Crippen molar-refractivity contribution < 1.29 is 4.79 Å². The van der Waals surface area contributed by atoms with Crippen LogP contribution in [0.15, 0.2) is 65.7 Å². The van der Waals surface area contributed by atoms with E-state index in [1.165, 1.54) is 24.1 Å². The van der Waals surface area contributed by atoms with Crippen molar-refractivity contribution in [2.75, 3.05) is 64.3 Å². The zero-order valence-electron chi connectivity index (χ0n) is 20.0. The van der Waals surface area contributed by atoms with Gasteiger partial charge in [0.2, 0.25) is 5.91 Å². The Morgan fingerprint density at radius 3 is 2.12 bits per heavy atom. The van der Waals surface area contributed by atoms with Gasteiger partial charge in [0.25, 0.3) is 0 Å². The third-order valence-electron chi connectivity index (χ3n) is 6.61. The molecule has 2 aliphatic heterocycles. The Morgan fingerprint density at radius 2 is 1.50 bits per heavy atom. The van der Waals surface area contributed by atoms with Crippen molar-refractivity contribution in [3.8, 4) is 0 Å². The number of hydrogen-bond acceptors (Lipinski definition) is 4. The van der Waals surface area contributed by atoms with Crippen LogP contribution < -0.4 is 15.5 Å². The second-order valence-corrected chi connectivity index (χ2v) is 8.68. The molecular weight excluding hydrogens is 539 g/mol. The molecule has 184 valence electrons. The summed E-state index contributed by atoms with van der Waals surface area (Å²) in [6.45, 7) is 6.47. The molecule has 2 aliphatic rings. The largest absolute Gasteiger partial charge is 0.368 e. The van der Waals surface area contributed by atoms with Crippen LogP contribution >= 0.6 is 24.0 Å². The fourth-order valence-corrected chi connectivity index (χ4v) is 4.72. The number of guanidine groups is 1.